The summed E-state index contributed by atoms with van der Waals surface area (Å²) in [6, 6.07) is 0. The lowest BCUT2D eigenvalue weighted by Crippen LogP contribution is -2.23. The highest BCUT2D eigenvalue weighted by Gasteiger charge is 2.22. The normalized spacial score (nSPS) is 10.8. The molecule has 0 aliphatic heterocycles. The monoisotopic (exact) mass is 242 g/mol. The maximum atomic E-state index is 11.4. The van der Waals surface area contributed by atoms with Crippen LogP contribution in [0, 0.1) is 5.41 Å². The van der Waals surface area contributed by atoms with Crippen molar-refractivity contribution >= 4 is 11.9 Å². The van der Waals surface area contributed by atoms with Crippen molar-refractivity contribution in [3.05, 3.63) is 12.2 Å². The molecule has 0 rings (SSSR count). The molecule has 0 N–H and O–H groups in total. The van der Waals surface area contributed by atoms with Gasteiger partial charge in [0.1, 0.15) is 0 Å². The lowest BCUT2D eigenvalue weighted by Gasteiger charge is -2.16. The molecule has 0 aromatic rings. The third kappa shape index (κ3) is 7.55. The average Bonchev–Trinajstić information content (AvgIpc) is 2.20. The van der Waals surface area contributed by atoms with Crippen molar-refractivity contribution < 1.29 is 19.1 Å². The van der Waals surface area contributed by atoms with Gasteiger partial charge in [-0.2, -0.15) is 0 Å². The van der Waals surface area contributed by atoms with E-state index >= 15 is 0 Å². The van der Waals surface area contributed by atoms with Gasteiger partial charge in [-0.15, -0.1) is 0 Å². The summed E-state index contributed by atoms with van der Waals surface area (Å²) in [5, 5.41) is 0. The van der Waals surface area contributed by atoms with Crippen LogP contribution in [0.2, 0.25) is 0 Å². The van der Waals surface area contributed by atoms with Crippen LogP contribution in [0.25, 0.3) is 0 Å². The molecule has 98 valence electrons. The maximum Gasteiger partial charge on any atom is 0.333 e. The molecule has 0 aliphatic rings. The Morgan fingerprint density at radius 1 is 1.06 bits per heavy atom. The molecule has 0 bridgehead atoms. The summed E-state index contributed by atoms with van der Waals surface area (Å²) >= 11 is 0. The van der Waals surface area contributed by atoms with E-state index in [9.17, 15) is 9.59 Å². The van der Waals surface area contributed by atoms with E-state index in [1.165, 1.54) is 0 Å². The standard InChI is InChI=1S/C13H22O4/c1-10(2)11(14)16-8-6-7-9-17-12(15)13(3,4)5/h1,6-9H2,2-5H3. The van der Waals surface area contributed by atoms with Crippen LogP contribution in [0.4, 0.5) is 0 Å². The van der Waals surface area contributed by atoms with Crippen molar-refractivity contribution in [3.63, 3.8) is 0 Å². The predicted octanol–water partition coefficient (Wildman–Crippen LogP) is 2.48. The summed E-state index contributed by atoms with van der Waals surface area (Å²) in [6.07, 6.45) is 1.36. The van der Waals surface area contributed by atoms with Crippen molar-refractivity contribution in [2.24, 2.45) is 5.41 Å². The van der Waals surface area contributed by atoms with Gasteiger partial charge in [0.05, 0.1) is 18.6 Å². The molecule has 0 spiro atoms. The highest BCUT2D eigenvalue weighted by Crippen LogP contribution is 2.15. The molecular weight excluding hydrogens is 220 g/mol. The van der Waals surface area contributed by atoms with E-state index in [1.807, 2.05) is 20.8 Å². The summed E-state index contributed by atoms with van der Waals surface area (Å²) < 4.78 is 9.96. The summed E-state index contributed by atoms with van der Waals surface area (Å²) in [4.78, 5) is 22.4. The number of rotatable bonds is 6. The minimum atomic E-state index is -0.466. The molecule has 0 aliphatic carbocycles. The number of hydrogen-bond acceptors (Lipinski definition) is 4. The highest BCUT2D eigenvalue weighted by molar-refractivity contribution is 5.86. The van der Waals surface area contributed by atoms with Gasteiger partial charge in [-0.05, 0) is 40.5 Å². The fourth-order valence-corrected chi connectivity index (χ4v) is 0.874. The van der Waals surface area contributed by atoms with Crippen LogP contribution in [0.15, 0.2) is 12.2 Å². The summed E-state index contributed by atoms with van der Waals surface area (Å²) in [7, 11) is 0. The number of esters is 2. The molecule has 4 nitrogen and oxygen atoms in total. The van der Waals surface area contributed by atoms with E-state index in [0.29, 0.717) is 31.6 Å². The summed E-state index contributed by atoms with van der Waals surface area (Å²) in [5.74, 6) is -0.590. The minimum absolute atomic E-state index is 0.212. The van der Waals surface area contributed by atoms with Crippen molar-refractivity contribution in [2.45, 2.75) is 40.5 Å². The second-order valence-electron chi connectivity index (χ2n) is 5.01. The zero-order valence-corrected chi connectivity index (χ0v) is 11.2. The minimum Gasteiger partial charge on any atom is -0.465 e. The molecular formula is C13H22O4. The first kappa shape index (κ1) is 15.7. The first-order valence-corrected chi connectivity index (χ1v) is 5.75. The predicted molar refractivity (Wildman–Crippen MR) is 65.4 cm³/mol. The van der Waals surface area contributed by atoms with Gasteiger partial charge in [0.25, 0.3) is 0 Å². The van der Waals surface area contributed by atoms with Crippen LogP contribution in [0.3, 0.4) is 0 Å². The van der Waals surface area contributed by atoms with E-state index in [0.717, 1.165) is 0 Å². The van der Waals surface area contributed by atoms with E-state index in [1.54, 1.807) is 6.92 Å². The second kappa shape index (κ2) is 7.09. The van der Waals surface area contributed by atoms with Crippen LogP contribution < -0.4 is 0 Å². The van der Waals surface area contributed by atoms with Crippen molar-refractivity contribution in [2.75, 3.05) is 13.2 Å². The van der Waals surface area contributed by atoms with Gasteiger partial charge in [0.2, 0.25) is 0 Å². The van der Waals surface area contributed by atoms with E-state index in [-0.39, 0.29) is 11.9 Å². The molecule has 0 atom stereocenters. The lowest BCUT2D eigenvalue weighted by atomic mass is 9.97. The molecule has 17 heavy (non-hydrogen) atoms. The van der Waals surface area contributed by atoms with Crippen LogP contribution in [-0.4, -0.2) is 25.2 Å². The average molecular weight is 242 g/mol. The van der Waals surface area contributed by atoms with Crippen molar-refractivity contribution in [1.82, 2.24) is 0 Å². The summed E-state index contributed by atoms with van der Waals surface area (Å²) in [5.41, 5.74) is -0.0731. The van der Waals surface area contributed by atoms with E-state index in [4.69, 9.17) is 9.47 Å². The highest BCUT2D eigenvalue weighted by atomic mass is 16.5. The SMILES string of the molecule is C=C(C)C(=O)OCCCCOC(=O)C(C)(C)C. The lowest BCUT2D eigenvalue weighted by molar-refractivity contribution is -0.153. The Morgan fingerprint density at radius 2 is 1.53 bits per heavy atom. The Hall–Kier alpha value is -1.32. The van der Waals surface area contributed by atoms with Gasteiger partial charge in [0, 0.05) is 5.57 Å². The molecule has 0 saturated heterocycles. The molecule has 0 heterocycles. The summed E-state index contributed by atoms with van der Waals surface area (Å²) in [6.45, 7) is 11.2. The number of ether oxygens (including phenoxy) is 2. The van der Waals surface area contributed by atoms with Crippen molar-refractivity contribution in [1.29, 1.82) is 0 Å². The fraction of sp³-hybridized carbons (Fsp3) is 0.692. The van der Waals surface area contributed by atoms with Crippen LogP contribution >= 0.6 is 0 Å². The first-order valence-electron chi connectivity index (χ1n) is 5.75. The van der Waals surface area contributed by atoms with E-state index in [2.05, 4.69) is 6.58 Å². The number of carbonyl (C=O) groups excluding carboxylic acids is 2. The van der Waals surface area contributed by atoms with Gasteiger partial charge in [-0.3, -0.25) is 4.79 Å². The van der Waals surface area contributed by atoms with Crippen LogP contribution in [0.1, 0.15) is 40.5 Å². The zero-order valence-electron chi connectivity index (χ0n) is 11.2. The van der Waals surface area contributed by atoms with Gasteiger partial charge >= 0.3 is 11.9 Å². The Morgan fingerprint density at radius 3 is 1.94 bits per heavy atom. The van der Waals surface area contributed by atoms with Crippen LogP contribution in [0.5, 0.6) is 0 Å². The van der Waals surface area contributed by atoms with Gasteiger partial charge < -0.3 is 9.47 Å². The Labute approximate surface area is 103 Å². The molecule has 0 amide bonds. The quantitative estimate of drug-likeness (QED) is 0.408. The Kier molecular flexibility index (Phi) is 6.54. The Bertz CT molecular complexity index is 286. The Balaban J connectivity index is 3.51. The molecule has 0 saturated carbocycles. The second-order valence-corrected chi connectivity index (χ2v) is 5.01. The van der Waals surface area contributed by atoms with E-state index < -0.39 is 5.41 Å². The maximum absolute atomic E-state index is 11.4. The molecule has 0 aromatic carbocycles. The largest absolute Gasteiger partial charge is 0.465 e. The molecule has 0 aromatic heterocycles. The number of carbonyl (C=O) groups is 2. The zero-order chi connectivity index (χ0) is 13.5. The molecule has 0 unspecified atom stereocenters. The fourth-order valence-electron chi connectivity index (χ4n) is 0.874. The first-order chi connectivity index (χ1) is 7.75. The number of unbranched alkanes of at least 4 members (excludes halogenated alkanes) is 1. The molecule has 4 heteroatoms. The van der Waals surface area contributed by atoms with Gasteiger partial charge in [-0.1, -0.05) is 6.58 Å². The molecule has 0 fully saturated rings. The topological polar surface area (TPSA) is 52.6 Å². The van der Waals surface area contributed by atoms with Crippen LogP contribution in [-0.2, 0) is 19.1 Å². The van der Waals surface area contributed by atoms with Gasteiger partial charge in [0.15, 0.2) is 0 Å². The third-order valence-corrected chi connectivity index (χ3v) is 1.97. The van der Waals surface area contributed by atoms with Gasteiger partial charge in [-0.25, -0.2) is 4.79 Å². The van der Waals surface area contributed by atoms with Crippen molar-refractivity contribution in [3.8, 4) is 0 Å². The molecule has 0 radical (unpaired) electrons. The number of hydrogen-bond donors (Lipinski definition) is 0. The smallest absolute Gasteiger partial charge is 0.333 e. The third-order valence-electron chi connectivity index (χ3n) is 1.97.